The summed E-state index contributed by atoms with van der Waals surface area (Å²) in [5, 5.41) is 2.97. The molecule has 0 aromatic rings. The number of hydrogen-bond acceptors (Lipinski definition) is 2. The summed E-state index contributed by atoms with van der Waals surface area (Å²) in [6.45, 7) is 6.55. The summed E-state index contributed by atoms with van der Waals surface area (Å²) in [4.78, 5) is 26.9. The zero-order chi connectivity index (χ0) is 15.5. The normalized spacial score (nSPS) is 26.8. The summed E-state index contributed by atoms with van der Waals surface area (Å²) >= 11 is 0. The Morgan fingerprint density at radius 2 is 1.76 bits per heavy atom. The van der Waals surface area contributed by atoms with E-state index < -0.39 is 5.54 Å². The van der Waals surface area contributed by atoms with Crippen LogP contribution in [0.4, 0.5) is 0 Å². The van der Waals surface area contributed by atoms with E-state index in [1.807, 2.05) is 25.7 Å². The van der Waals surface area contributed by atoms with Crippen molar-refractivity contribution in [2.75, 3.05) is 6.54 Å². The van der Waals surface area contributed by atoms with E-state index in [9.17, 15) is 9.59 Å². The third-order valence-electron chi connectivity index (χ3n) is 5.59. The fourth-order valence-electron chi connectivity index (χ4n) is 3.81. The average molecular weight is 294 g/mol. The first-order valence-electron chi connectivity index (χ1n) is 8.67. The molecule has 1 aliphatic heterocycles. The Morgan fingerprint density at radius 1 is 1.14 bits per heavy atom. The van der Waals surface area contributed by atoms with Gasteiger partial charge in [-0.05, 0) is 32.1 Å². The largest absolute Gasteiger partial charge is 0.340 e. The molecule has 1 saturated carbocycles. The van der Waals surface area contributed by atoms with E-state index >= 15 is 0 Å². The highest BCUT2D eigenvalue weighted by Gasteiger charge is 2.47. The molecule has 4 heteroatoms. The molecule has 1 N–H and O–H groups in total. The lowest BCUT2D eigenvalue weighted by molar-refractivity contribution is -0.155. The van der Waals surface area contributed by atoms with E-state index in [4.69, 9.17) is 0 Å². The smallest absolute Gasteiger partial charge is 0.248 e. The second-order valence-corrected chi connectivity index (χ2v) is 6.75. The predicted molar refractivity (Wildman–Crippen MR) is 83.8 cm³/mol. The van der Waals surface area contributed by atoms with Gasteiger partial charge in [-0.3, -0.25) is 9.59 Å². The average Bonchev–Trinajstić information content (AvgIpc) is 2.52. The molecule has 1 atom stereocenters. The topological polar surface area (TPSA) is 49.4 Å². The van der Waals surface area contributed by atoms with E-state index in [-0.39, 0.29) is 17.9 Å². The number of nitrogens with zero attached hydrogens (tertiary/aromatic N) is 1. The molecule has 2 fully saturated rings. The standard InChI is InChI=1S/C17H30N2O2/c1-4-17(5-2)16(21)19(13(3)15(20)18-17)12-11-14-9-7-6-8-10-14/h13-14H,4-12H2,1-3H3,(H,18,20). The maximum Gasteiger partial charge on any atom is 0.248 e. The molecule has 1 unspecified atom stereocenters. The van der Waals surface area contributed by atoms with Crippen LogP contribution in [0.25, 0.3) is 0 Å². The van der Waals surface area contributed by atoms with Crippen LogP contribution in [0.3, 0.4) is 0 Å². The van der Waals surface area contributed by atoms with Crippen molar-refractivity contribution in [3.05, 3.63) is 0 Å². The summed E-state index contributed by atoms with van der Waals surface area (Å²) in [6, 6.07) is -0.327. The Kier molecular flexibility index (Phi) is 5.28. The van der Waals surface area contributed by atoms with Crippen molar-refractivity contribution in [2.24, 2.45) is 5.92 Å². The number of amides is 2. The van der Waals surface area contributed by atoms with Gasteiger partial charge in [0.15, 0.2) is 0 Å². The highest BCUT2D eigenvalue weighted by Crippen LogP contribution is 2.29. The number of nitrogens with one attached hydrogen (secondary N) is 1. The predicted octanol–water partition coefficient (Wildman–Crippen LogP) is 2.86. The molecule has 0 aromatic carbocycles. The maximum absolute atomic E-state index is 12.8. The van der Waals surface area contributed by atoms with Gasteiger partial charge < -0.3 is 10.2 Å². The third kappa shape index (κ3) is 3.24. The van der Waals surface area contributed by atoms with Crippen molar-refractivity contribution in [1.29, 1.82) is 0 Å². The summed E-state index contributed by atoms with van der Waals surface area (Å²) in [7, 11) is 0. The molecular formula is C17H30N2O2. The number of rotatable bonds is 5. The van der Waals surface area contributed by atoms with Crippen molar-refractivity contribution in [2.45, 2.75) is 83.7 Å². The van der Waals surface area contributed by atoms with E-state index in [0.717, 1.165) is 18.9 Å². The second kappa shape index (κ2) is 6.80. The van der Waals surface area contributed by atoms with Crippen molar-refractivity contribution >= 4 is 11.8 Å². The minimum absolute atomic E-state index is 0.00180. The van der Waals surface area contributed by atoms with Gasteiger partial charge in [-0.25, -0.2) is 0 Å². The van der Waals surface area contributed by atoms with Gasteiger partial charge in [-0.2, -0.15) is 0 Å². The molecule has 2 amide bonds. The summed E-state index contributed by atoms with van der Waals surface area (Å²) in [5.74, 6) is 0.860. The van der Waals surface area contributed by atoms with Gasteiger partial charge in [0.25, 0.3) is 0 Å². The zero-order valence-electron chi connectivity index (χ0n) is 13.8. The fourth-order valence-corrected chi connectivity index (χ4v) is 3.81. The van der Waals surface area contributed by atoms with Gasteiger partial charge in [0.1, 0.15) is 11.6 Å². The molecule has 4 nitrogen and oxygen atoms in total. The molecule has 1 saturated heterocycles. The highest BCUT2D eigenvalue weighted by atomic mass is 16.2. The third-order valence-corrected chi connectivity index (χ3v) is 5.59. The van der Waals surface area contributed by atoms with Gasteiger partial charge in [0, 0.05) is 6.54 Å². The lowest BCUT2D eigenvalue weighted by atomic mass is 9.85. The van der Waals surface area contributed by atoms with Crippen LogP contribution in [-0.2, 0) is 9.59 Å². The van der Waals surface area contributed by atoms with Crippen molar-refractivity contribution < 1.29 is 9.59 Å². The van der Waals surface area contributed by atoms with Crippen LogP contribution in [-0.4, -0.2) is 34.8 Å². The monoisotopic (exact) mass is 294 g/mol. The Labute approximate surface area is 128 Å². The van der Waals surface area contributed by atoms with Gasteiger partial charge in [0.05, 0.1) is 0 Å². The lowest BCUT2D eigenvalue weighted by Crippen LogP contribution is -2.69. The summed E-state index contributed by atoms with van der Waals surface area (Å²) in [5.41, 5.74) is -0.670. The minimum Gasteiger partial charge on any atom is -0.340 e. The van der Waals surface area contributed by atoms with Gasteiger partial charge in [-0.1, -0.05) is 46.0 Å². The Balaban J connectivity index is 2.04. The highest BCUT2D eigenvalue weighted by molar-refractivity contribution is 5.99. The molecule has 0 spiro atoms. The number of piperazine rings is 1. The van der Waals surface area contributed by atoms with Crippen molar-refractivity contribution in [3.63, 3.8) is 0 Å². The van der Waals surface area contributed by atoms with Crippen molar-refractivity contribution in [3.8, 4) is 0 Å². The molecule has 0 bridgehead atoms. The molecule has 1 heterocycles. The Bertz CT molecular complexity index is 384. The summed E-state index contributed by atoms with van der Waals surface area (Å²) < 4.78 is 0. The molecule has 1 aliphatic carbocycles. The first kappa shape index (κ1) is 16.3. The molecule has 0 aromatic heterocycles. The fraction of sp³-hybridized carbons (Fsp3) is 0.882. The first-order chi connectivity index (χ1) is 10.0. The minimum atomic E-state index is -0.670. The van der Waals surface area contributed by atoms with E-state index in [2.05, 4.69) is 5.32 Å². The van der Waals surface area contributed by atoms with Gasteiger partial charge >= 0.3 is 0 Å². The molecule has 2 aliphatic rings. The van der Waals surface area contributed by atoms with Crippen LogP contribution in [0.2, 0.25) is 0 Å². The van der Waals surface area contributed by atoms with Gasteiger partial charge in [-0.15, -0.1) is 0 Å². The van der Waals surface area contributed by atoms with Crippen LogP contribution in [0, 0.1) is 5.92 Å². The zero-order valence-corrected chi connectivity index (χ0v) is 13.8. The molecule has 21 heavy (non-hydrogen) atoms. The van der Waals surface area contributed by atoms with Crippen LogP contribution in [0.5, 0.6) is 0 Å². The lowest BCUT2D eigenvalue weighted by Gasteiger charge is -2.45. The van der Waals surface area contributed by atoms with E-state index in [1.165, 1.54) is 32.1 Å². The Morgan fingerprint density at radius 3 is 2.33 bits per heavy atom. The maximum atomic E-state index is 12.8. The van der Waals surface area contributed by atoms with Crippen LogP contribution >= 0.6 is 0 Å². The van der Waals surface area contributed by atoms with Crippen LogP contribution in [0.1, 0.15) is 72.1 Å². The molecular weight excluding hydrogens is 264 g/mol. The molecule has 0 radical (unpaired) electrons. The van der Waals surface area contributed by atoms with Crippen LogP contribution in [0.15, 0.2) is 0 Å². The number of hydrogen-bond donors (Lipinski definition) is 1. The van der Waals surface area contributed by atoms with Gasteiger partial charge in [0.2, 0.25) is 11.8 Å². The number of carbonyl (C=O) groups is 2. The quantitative estimate of drug-likeness (QED) is 0.847. The first-order valence-corrected chi connectivity index (χ1v) is 8.67. The Hall–Kier alpha value is -1.06. The van der Waals surface area contributed by atoms with Crippen LogP contribution < -0.4 is 5.32 Å². The van der Waals surface area contributed by atoms with Crippen molar-refractivity contribution in [1.82, 2.24) is 10.2 Å². The SMILES string of the molecule is CCC1(CC)NC(=O)C(C)N(CCC2CCCCC2)C1=O. The number of carbonyl (C=O) groups excluding carboxylic acids is 2. The molecule has 2 rings (SSSR count). The molecule has 120 valence electrons. The van der Waals surface area contributed by atoms with E-state index in [1.54, 1.807) is 0 Å². The second-order valence-electron chi connectivity index (χ2n) is 6.75. The summed E-state index contributed by atoms with van der Waals surface area (Å²) in [6.07, 6.45) is 8.96. The van der Waals surface area contributed by atoms with E-state index in [0.29, 0.717) is 12.8 Å².